The number of methoxy groups -OCH3 is 1. The third kappa shape index (κ3) is 4.74. The standard InChI is InChI=1S/C28H37NO9/c1-26(2,33)7-4-9-28(34,15-22(30)31)25(32)38-24-21(35-3)14-27-8-5-10-29(27)11-6-17-12-19-20(37-16-36-19)13-18(17)23(24)27/h12-14,23-24,33-34H,4-11,15-16H2,1-3H3,(H,30,31)/t23-,24-,27+,28-/m1/s1/i3+1D3. The molecule has 1 aliphatic carbocycles. The second kappa shape index (κ2) is 9.73. The number of carbonyl (C=O) groups excluding carboxylic acids is 1. The number of hydrogen-bond acceptors (Lipinski definition) is 9. The Kier molecular flexibility index (Phi) is 5.92. The van der Waals surface area contributed by atoms with Crippen molar-refractivity contribution in [1.82, 2.24) is 4.90 Å². The molecule has 0 amide bonds. The van der Waals surface area contributed by atoms with Crippen molar-refractivity contribution in [2.75, 3.05) is 26.9 Å². The minimum absolute atomic E-state index is 0.0602. The first kappa shape index (κ1) is 23.1. The Morgan fingerprint density at radius 1 is 1.21 bits per heavy atom. The van der Waals surface area contributed by atoms with Crippen LogP contribution in [0.4, 0.5) is 0 Å². The van der Waals surface area contributed by atoms with Gasteiger partial charge in [0.2, 0.25) is 6.79 Å². The number of benzene rings is 1. The van der Waals surface area contributed by atoms with Gasteiger partial charge in [-0.1, -0.05) is 0 Å². The molecule has 0 unspecified atom stereocenters. The molecule has 0 saturated carbocycles. The average molecular weight is 536 g/mol. The second-order valence-electron chi connectivity index (χ2n) is 11.5. The third-order valence-electron chi connectivity index (χ3n) is 8.28. The Bertz CT molecular complexity index is 1240. The monoisotopic (exact) mass is 535 g/mol. The number of nitrogens with zero attached hydrogens (tertiary/aromatic N) is 1. The Labute approximate surface area is 226 Å². The third-order valence-corrected chi connectivity index (χ3v) is 8.28. The Morgan fingerprint density at radius 2 is 1.97 bits per heavy atom. The highest BCUT2D eigenvalue weighted by molar-refractivity contribution is 5.85. The van der Waals surface area contributed by atoms with Gasteiger partial charge in [0.25, 0.3) is 0 Å². The molecular formula is C28H37NO9. The fraction of sp³-hybridized carbons (Fsp3) is 0.643. The minimum atomic E-state index is -2.85. The zero-order valence-corrected chi connectivity index (χ0v) is 21.7. The van der Waals surface area contributed by atoms with E-state index in [0.717, 1.165) is 24.1 Å². The lowest BCUT2D eigenvalue weighted by atomic mass is 9.77. The largest absolute Gasteiger partial charge is 0.497 e. The summed E-state index contributed by atoms with van der Waals surface area (Å²) in [4.78, 5) is 27.6. The molecule has 4 atom stereocenters. The number of aliphatic carboxylic acids is 1. The number of esters is 1. The number of carboxylic acid groups (broad SMARTS) is 1. The smallest absolute Gasteiger partial charge is 0.339 e. The lowest BCUT2D eigenvalue weighted by Crippen LogP contribution is -2.49. The van der Waals surface area contributed by atoms with Crippen molar-refractivity contribution in [3.05, 3.63) is 35.1 Å². The van der Waals surface area contributed by atoms with Gasteiger partial charge in [0.1, 0.15) is 5.76 Å². The van der Waals surface area contributed by atoms with Crippen molar-refractivity contribution in [1.29, 1.82) is 0 Å². The highest BCUT2D eigenvalue weighted by atomic mass is 16.7. The lowest BCUT2D eigenvalue weighted by molar-refractivity contribution is -0.178. The molecule has 4 aliphatic rings. The molecule has 0 radical (unpaired) electrons. The van der Waals surface area contributed by atoms with Gasteiger partial charge >= 0.3 is 11.9 Å². The molecule has 38 heavy (non-hydrogen) atoms. The van der Waals surface area contributed by atoms with Crippen LogP contribution in [0.3, 0.4) is 0 Å². The van der Waals surface area contributed by atoms with E-state index in [1.807, 2.05) is 12.1 Å². The van der Waals surface area contributed by atoms with Gasteiger partial charge < -0.3 is 34.3 Å². The molecule has 1 fully saturated rings. The van der Waals surface area contributed by atoms with Crippen LogP contribution in [0.5, 0.6) is 11.5 Å². The number of aliphatic hydroxyl groups is 2. The molecule has 0 bridgehead atoms. The SMILES string of the molecule is [2H][13C]([2H])([2H])OC1=C[C@]23CCCN2CCc2cc4c(cc2[C@@H]3[C@@H]1OC(=O)[C@@](O)(CCCC(C)(C)O)CC(=O)O)OCO4. The fourth-order valence-electron chi connectivity index (χ4n) is 6.56. The van der Waals surface area contributed by atoms with Crippen molar-refractivity contribution < 1.29 is 48.0 Å². The Morgan fingerprint density at radius 3 is 2.68 bits per heavy atom. The summed E-state index contributed by atoms with van der Waals surface area (Å²) in [5, 5.41) is 31.0. The number of rotatable bonds is 9. The lowest BCUT2D eigenvalue weighted by Gasteiger charge is -2.39. The highest BCUT2D eigenvalue weighted by Crippen LogP contribution is 2.55. The van der Waals surface area contributed by atoms with Crippen LogP contribution in [-0.4, -0.2) is 81.9 Å². The van der Waals surface area contributed by atoms with Crippen LogP contribution in [0.25, 0.3) is 0 Å². The van der Waals surface area contributed by atoms with Crippen LogP contribution in [-0.2, 0) is 25.5 Å². The van der Waals surface area contributed by atoms with Crippen molar-refractivity contribution in [3.63, 3.8) is 0 Å². The van der Waals surface area contributed by atoms with E-state index in [1.165, 1.54) is 0 Å². The minimum Gasteiger partial charge on any atom is -0.497 e. The number of carboxylic acids is 1. The zero-order valence-electron chi connectivity index (χ0n) is 24.7. The van der Waals surface area contributed by atoms with E-state index >= 15 is 0 Å². The summed E-state index contributed by atoms with van der Waals surface area (Å²) >= 11 is 0. The number of fused-ring (bicyclic) bond motifs is 3. The molecule has 3 aliphatic heterocycles. The van der Waals surface area contributed by atoms with Crippen LogP contribution in [0.15, 0.2) is 24.0 Å². The van der Waals surface area contributed by atoms with Gasteiger partial charge in [-0.3, -0.25) is 9.69 Å². The van der Waals surface area contributed by atoms with Gasteiger partial charge in [0.05, 0.1) is 34.6 Å². The van der Waals surface area contributed by atoms with Crippen molar-refractivity contribution >= 4 is 11.9 Å². The van der Waals surface area contributed by atoms with E-state index < -0.39 is 54.2 Å². The molecule has 1 spiro atoms. The molecule has 1 aromatic rings. The summed E-state index contributed by atoms with van der Waals surface area (Å²) in [5.41, 5.74) is -2.49. The van der Waals surface area contributed by atoms with E-state index in [9.17, 15) is 24.9 Å². The summed E-state index contributed by atoms with van der Waals surface area (Å²) in [5.74, 6) is -2.14. The normalized spacial score (nSPS) is 28.9. The van der Waals surface area contributed by atoms with Crippen LogP contribution in [0, 0.1) is 0 Å². The van der Waals surface area contributed by atoms with Gasteiger partial charge in [-0.2, -0.15) is 0 Å². The van der Waals surface area contributed by atoms with E-state index in [4.69, 9.17) is 23.1 Å². The second-order valence-corrected chi connectivity index (χ2v) is 11.5. The average Bonchev–Trinajstić information content (AvgIpc) is 3.51. The first-order chi connectivity index (χ1) is 19.1. The molecule has 3 N–H and O–H groups in total. The number of hydrogen-bond donors (Lipinski definition) is 3. The summed E-state index contributed by atoms with van der Waals surface area (Å²) < 4.78 is 46.0. The maximum atomic E-state index is 13.7. The molecular weight excluding hydrogens is 495 g/mol. The number of ether oxygens (including phenoxy) is 4. The van der Waals surface area contributed by atoms with Gasteiger partial charge in [-0.05, 0) is 88.3 Å². The van der Waals surface area contributed by atoms with Gasteiger partial charge in [-0.15, -0.1) is 0 Å². The van der Waals surface area contributed by atoms with E-state index in [0.29, 0.717) is 30.9 Å². The molecule has 208 valence electrons. The first-order valence-corrected chi connectivity index (χ1v) is 13.1. The number of carbonyl (C=O) groups is 2. The molecule has 3 heterocycles. The van der Waals surface area contributed by atoms with E-state index in [-0.39, 0.29) is 31.8 Å². The summed E-state index contributed by atoms with van der Waals surface area (Å²) in [7, 11) is -2.85. The summed E-state index contributed by atoms with van der Waals surface area (Å²) in [6.45, 7) is 4.63. The molecule has 5 rings (SSSR count). The van der Waals surface area contributed by atoms with Crippen LogP contribution in [0.1, 0.15) is 73.5 Å². The predicted molar refractivity (Wildman–Crippen MR) is 135 cm³/mol. The van der Waals surface area contributed by atoms with Gasteiger partial charge in [0.15, 0.2) is 23.2 Å². The maximum absolute atomic E-state index is 13.7. The van der Waals surface area contributed by atoms with E-state index in [1.54, 1.807) is 19.9 Å². The molecule has 10 nitrogen and oxygen atoms in total. The zero-order chi connectivity index (χ0) is 29.8. The Balaban J connectivity index is 1.55. The quantitative estimate of drug-likeness (QED) is 0.320. The van der Waals surface area contributed by atoms with Crippen LogP contribution >= 0.6 is 0 Å². The van der Waals surface area contributed by atoms with Gasteiger partial charge in [0, 0.05) is 6.54 Å². The maximum Gasteiger partial charge on any atom is 0.339 e. The predicted octanol–water partition coefficient (Wildman–Crippen LogP) is 2.49. The fourth-order valence-corrected chi connectivity index (χ4v) is 6.56. The van der Waals surface area contributed by atoms with Crippen molar-refractivity contribution in [3.8, 4) is 11.5 Å². The van der Waals surface area contributed by atoms with Gasteiger partial charge in [-0.25, -0.2) is 4.79 Å². The topological polar surface area (TPSA) is 135 Å². The summed E-state index contributed by atoms with van der Waals surface area (Å²) in [6, 6.07) is 3.73. The molecule has 10 heteroatoms. The summed E-state index contributed by atoms with van der Waals surface area (Å²) in [6.07, 6.45) is 1.80. The first-order valence-electron chi connectivity index (χ1n) is 14.6. The van der Waals surface area contributed by atoms with Crippen molar-refractivity contribution in [2.45, 2.75) is 87.6 Å². The van der Waals surface area contributed by atoms with E-state index in [2.05, 4.69) is 4.90 Å². The molecule has 1 saturated heterocycles. The van der Waals surface area contributed by atoms with Crippen LogP contribution < -0.4 is 9.47 Å². The molecule has 1 aromatic carbocycles. The highest BCUT2D eigenvalue weighted by Gasteiger charge is 2.59. The Hall–Kier alpha value is -2.82. The van der Waals surface area contributed by atoms with Crippen LogP contribution in [0.2, 0.25) is 0 Å². The molecule has 0 aromatic heterocycles. The van der Waals surface area contributed by atoms with Crippen molar-refractivity contribution in [2.24, 2.45) is 0 Å².